The molecular formula is C29H27BhN6O3S-. The number of pyridine rings is 1. The summed E-state index contributed by atoms with van der Waals surface area (Å²) < 4.78 is 36.2. The molecule has 4 heterocycles. The van der Waals surface area contributed by atoms with Crippen molar-refractivity contribution in [2.45, 2.75) is 30.2 Å². The molecule has 0 saturated carbocycles. The number of ether oxygens (including phenoxy) is 1. The Bertz CT molecular complexity index is 1740. The van der Waals surface area contributed by atoms with Gasteiger partial charge < -0.3 is 15.8 Å². The van der Waals surface area contributed by atoms with Crippen molar-refractivity contribution in [3.05, 3.63) is 114 Å². The van der Waals surface area contributed by atoms with Gasteiger partial charge >= 0.3 is 0 Å². The number of nitrogens with zero attached hydrogens (tertiary/aromatic N) is 5. The van der Waals surface area contributed by atoms with Gasteiger partial charge in [-0.25, -0.2) is 18.0 Å². The average molecular weight is 810 g/mol. The predicted molar refractivity (Wildman–Crippen MR) is 146 cm³/mol. The molecule has 6 rings (SSSR count). The van der Waals surface area contributed by atoms with Crippen LogP contribution in [0.2, 0.25) is 0 Å². The van der Waals surface area contributed by atoms with Crippen LogP contribution in [0.15, 0.2) is 101 Å². The van der Waals surface area contributed by atoms with Crippen LogP contribution >= 0.6 is 0 Å². The van der Waals surface area contributed by atoms with Gasteiger partial charge in [-0.05, 0) is 66.5 Å². The molecule has 0 radical (unpaired) electrons. The van der Waals surface area contributed by atoms with Crippen molar-refractivity contribution in [1.29, 1.82) is 0 Å². The number of rotatable bonds is 7. The molecule has 1 aliphatic heterocycles. The van der Waals surface area contributed by atoms with E-state index in [1.165, 1.54) is 0 Å². The standard InChI is InChI=1S/C29H27N6O3S.Bh/c36-39(37,26-12-10-25(11-13-26)38-24-8-2-1-3-9-24)34-17-5-7-23(21-34)27-18-29(35-28(33-27)14-16-32-35)31-20-22-6-4-15-30-19-22;/h1-4,6,8-13,15-16,18-19,23,33H,5,7,17,20-21H2;/q-1;. The minimum absolute atomic E-state index is 0. The van der Waals surface area contributed by atoms with Crippen LogP contribution in [0.5, 0.6) is 11.5 Å². The Morgan fingerprint density at radius 3 is 2.62 bits per heavy atom. The maximum Gasteiger partial charge on any atom is 0.243 e. The summed E-state index contributed by atoms with van der Waals surface area (Å²) in [6, 6.07) is 24.9. The third-order valence-corrected chi connectivity index (χ3v) is 8.64. The number of para-hydroxylation sites is 1. The maximum atomic E-state index is 13.6. The number of benzene rings is 2. The summed E-state index contributed by atoms with van der Waals surface area (Å²) in [7, 11) is -3.67. The second kappa shape index (κ2) is 11.2. The summed E-state index contributed by atoms with van der Waals surface area (Å²) in [6.45, 7) is 1.30. The fraction of sp³-hybridized carbons (Fsp3) is 0.207. The molecule has 11 heteroatoms. The summed E-state index contributed by atoms with van der Waals surface area (Å²) in [5, 5.41) is 4.35. The molecule has 1 saturated heterocycles. The maximum absolute atomic E-state index is 13.6. The van der Waals surface area contributed by atoms with E-state index in [1.54, 1.807) is 51.7 Å². The van der Waals surface area contributed by atoms with E-state index in [9.17, 15) is 8.42 Å². The molecule has 9 nitrogen and oxygen atoms in total. The molecule has 0 bridgehead atoms. The summed E-state index contributed by atoms with van der Waals surface area (Å²) >= 11 is 0. The van der Waals surface area contributed by atoms with Gasteiger partial charge in [0.05, 0.1) is 11.4 Å². The number of hydrogen-bond acceptors (Lipinski definition) is 6. The molecule has 1 unspecified atom stereocenters. The number of piperidine rings is 1. The smallest absolute Gasteiger partial charge is 0.243 e. The molecule has 0 amide bonds. The second-order valence-corrected chi connectivity index (χ2v) is 11.3. The van der Waals surface area contributed by atoms with E-state index in [0.29, 0.717) is 42.3 Å². The van der Waals surface area contributed by atoms with Crippen LogP contribution in [-0.2, 0) is 16.6 Å². The molecule has 0 spiro atoms. The molecule has 1 N–H and O–H groups in total. The zero-order chi connectivity index (χ0) is 26.7. The van der Waals surface area contributed by atoms with Crippen LogP contribution in [0.4, 0.5) is 0 Å². The largest absolute Gasteiger partial charge is 0.457 e. The molecule has 1 fully saturated rings. The molecule has 200 valence electrons. The number of aromatic amines is 1. The van der Waals surface area contributed by atoms with Crippen molar-refractivity contribution in [3.63, 3.8) is 0 Å². The Morgan fingerprint density at radius 2 is 1.85 bits per heavy atom. The Morgan fingerprint density at radius 1 is 1.05 bits per heavy atom. The number of aromatic nitrogens is 4. The molecule has 1 aliphatic rings. The van der Waals surface area contributed by atoms with Gasteiger partial charge in [0.2, 0.25) is 10.0 Å². The summed E-state index contributed by atoms with van der Waals surface area (Å²) in [5.74, 6) is 1.26. The van der Waals surface area contributed by atoms with Crippen molar-refractivity contribution < 1.29 is 13.2 Å². The van der Waals surface area contributed by atoms with Crippen LogP contribution < -0.4 is 10.2 Å². The van der Waals surface area contributed by atoms with Crippen molar-refractivity contribution in [2.24, 2.45) is 4.99 Å². The third-order valence-electron chi connectivity index (χ3n) is 6.76. The number of fused-ring (bicyclic) bond motifs is 1. The van der Waals surface area contributed by atoms with Crippen LogP contribution in [0.1, 0.15) is 30.0 Å². The average Bonchev–Trinajstić information content (AvgIpc) is 3.46. The van der Waals surface area contributed by atoms with E-state index in [1.807, 2.05) is 48.5 Å². The van der Waals surface area contributed by atoms with Crippen LogP contribution in [0, 0.1) is 6.07 Å². The Labute approximate surface area is 226 Å². The van der Waals surface area contributed by atoms with Crippen molar-refractivity contribution in [1.82, 2.24) is 23.9 Å². The minimum Gasteiger partial charge on any atom is -0.457 e. The molecule has 5 aromatic rings. The normalized spacial score (nSPS) is 16.5. The van der Waals surface area contributed by atoms with Crippen molar-refractivity contribution >= 4 is 15.7 Å². The monoisotopic (exact) mass is 809 g/mol. The number of H-pyrrole nitrogens is 1. The molecule has 0 aliphatic carbocycles. The van der Waals surface area contributed by atoms with Crippen LogP contribution in [-0.4, -0.2) is 45.4 Å². The van der Waals surface area contributed by atoms with Gasteiger partial charge in [-0.1, -0.05) is 24.3 Å². The second-order valence-electron chi connectivity index (χ2n) is 9.40. The van der Waals surface area contributed by atoms with E-state index in [0.717, 1.165) is 24.1 Å². The number of nitrogens with one attached hydrogen (secondary N) is 1. The summed E-state index contributed by atoms with van der Waals surface area (Å²) in [6.07, 6.45) is 6.73. The zero-order valence-electron chi connectivity index (χ0n) is 21.8. The first-order valence-corrected chi connectivity index (χ1v) is 14.2. The zero-order valence-corrected chi connectivity index (χ0v) is 29.2. The van der Waals surface area contributed by atoms with Gasteiger partial charge in [-0.2, -0.15) is 4.31 Å². The molecular weight excluding hydrogens is 782 g/mol. The van der Waals surface area contributed by atoms with E-state index in [2.05, 4.69) is 21.1 Å². The number of hydrogen-bond donors (Lipinski definition) is 1. The van der Waals surface area contributed by atoms with Crippen LogP contribution in [0.3, 0.4) is 0 Å². The van der Waals surface area contributed by atoms with Gasteiger partial charge in [-0.3, -0.25) is 9.98 Å². The van der Waals surface area contributed by atoms with Gasteiger partial charge in [0.25, 0.3) is 0 Å². The van der Waals surface area contributed by atoms with Crippen molar-refractivity contribution in [2.75, 3.05) is 13.1 Å². The van der Waals surface area contributed by atoms with Gasteiger partial charge in [0.15, 0.2) is 0 Å². The van der Waals surface area contributed by atoms with Gasteiger partial charge in [0, 0.05) is 43.2 Å². The van der Waals surface area contributed by atoms with Crippen LogP contribution in [0.25, 0.3) is 5.65 Å². The Kier molecular flexibility index (Phi) is 7.39. The minimum atomic E-state index is -3.67. The van der Waals surface area contributed by atoms with Gasteiger partial charge in [-0.15, -0.1) is 6.20 Å². The van der Waals surface area contributed by atoms with E-state index >= 15 is 0 Å². The summed E-state index contributed by atoms with van der Waals surface area (Å²) in [5.41, 5.74) is 3.27. The fourth-order valence-electron chi connectivity index (χ4n) is 4.77. The topological polar surface area (TPSA) is 105 Å². The number of sulfonamides is 1. The first-order valence-electron chi connectivity index (χ1n) is 12.8. The molecule has 2 aromatic carbocycles. The Hall–Kier alpha value is -5.28. The quantitative estimate of drug-likeness (QED) is 0.247. The Balaban J connectivity index is 0.00000323. The molecule has 40 heavy (non-hydrogen) atoms. The third kappa shape index (κ3) is 5.45. The van der Waals surface area contributed by atoms with E-state index in [4.69, 9.17) is 9.73 Å². The van der Waals surface area contributed by atoms with E-state index < -0.39 is 10.0 Å². The SMILES string of the molecule is O=S(=O)(c1ccc(Oc2ccccc2)cc1)N1CCCC(c2cc(=NCc3cccnc3)n3nc[c-]c3[nH]2)C1.[Bh]. The van der Waals surface area contributed by atoms with Crippen molar-refractivity contribution in [3.8, 4) is 11.5 Å². The molecule has 3 aromatic heterocycles. The van der Waals surface area contributed by atoms with E-state index in [-0.39, 0.29) is 10.8 Å². The predicted octanol–water partition coefficient (Wildman–Crippen LogP) is 4.32. The summed E-state index contributed by atoms with van der Waals surface area (Å²) in [4.78, 5) is 12.6. The van der Waals surface area contributed by atoms with Gasteiger partial charge in [0.1, 0.15) is 17.0 Å². The first-order chi connectivity index (χ1) is 19.1. The fourth-order valence-corrected chi connectivity index (χ4v) is 6.29. The first kappa shape index (κ1) is 26.3. The molecule has 1 atom stereocenters.